The monoisotopic (exact) mass is 2060 g/mol. The number of nitrogens with zero attached hydrogens (tertiary/aromatic N) is 4. The van der Waals surface area contributed by atoms with E-state index in [1.165, 1.54) is 48.3 Å². The first-order valence-corrected chi connectivity index (χ1v) is 48.8. The molecule has 4 aromatic carbocycles. The summed E-state index contributed by atoms with van der Waals surface area (Å²) in [6.07, 6.45) is -1.75. The highest BCUT2D eigenvalue weighted by atomic mass is 16.4. The number of imidazole rings is 1. The zero-order valence-corrected chi connectivity index (χ0v) is 82.1. The fraction of sp³-hybridized carbons (Fsp3) is 0.500. The van der Waals surface area contributed by atoms with E-state index in [-0.39, 0.29) is 76.8 Å². The number of nitrogens with one attached hydrogen (secondary N) is 14. The molecule has 8 rings (SSSR count). The number of likely N-dealkylation sites (tertiary alicyclic amines) is 3. The lowest BCUT2D eigenvalue weighted by Gasteiger charge is -2.33. The number of aromatic amines is 1. The predicted molar refractivity (Wildman–Crippen MR) is 526 cm³/mol. The summed E-state index contributed by atoms with van der Waals surface area (Å²) in [4.78, 5) is 319. The van der Waals surface area contributed by atoms with Gasteiger partial charge in [-0.15, -0.1) is 0 Å². The predicted octanol–water partition coefficient (Wildman–Crippen LogP) is -6.52. The van der Waals surface area contributed by atoms with Crippen molar-refractivity contribution < 1.29 is 126 Å². The standard InChI is InChI=1S/C98H134N24O26/c1-54(2)81(94(143)116-65(44-57-26-11-5-12-27-57)85(134)112-68(48-77(103)125)89(138)117-71(98(147)148)45-58-28-13-6-14-29-58)119-82(131)61(35-36-79(127)128)107-83(132)63(42-55-22-7-3-8-23-55)109-86(135)66(46-59-51-105-53-106-59)111-84(133)64(43-56-24-9-4-10-25-56)110-90(139)70(50-80(129)130)114-87(136)67(47-76(102)124)113-88(137)69(49-78(104)126)115-92(141)73-32-19-39-120(73)96(145)62(31-16-18-38-100)108-91(140)72(52-123)118-93(142)74-33-20-40-121(74)97(146)75-34-21-41-122(75)95(144)60(101)30-15-17-37-99/h3-14,22-29,51,53-54,60-75,81,123H,15-21,30-50,52,99-101H2,1-2H3,(H2,102,124)(H2,103,125)(H2,104,126)(H,105,106)(H,107,132)(H,108,140)(H,109,135)(H,110,139)(H,111,133)(H,112,134)(H,113,137)(H,114,136)(H,115,141)(H,116,143)(H,117,138)(H,118,142)(H,119,131)(H,127,128)(H,129,130)(H,147,148)/t60-,61-,62-,63-,64-,65-,66-,67-,68-,69-,70-,71-,72-,73-,74-,75-,81-/m0/s1. The topological polar surface area (TPSA) is 807 Å². The molecule has 19 amide bonds. The molecule has 0 aliphatic carbocycles. The Morgan fingerprint density at radius 2 is 0.703 bits per heavy atom. The van der Waals surface area contributed by atoms with Crippen molar-refractivity contribution >= 4 is 130 Å². The Kier molecular flexibility index (Phi) is 46.9. The van der Waals surface area contributed by atoms with Gasteiger partial charge in [-0.2, -0.15) is 0 Å². The van der Waals surface area contributed by atoms with Crippen molar-refractivity contribution in [2.24, 2.45) is 40.3 Å². The molecule has 0 spiro atoms. The fourth-order valence-electron chi connectivity index (χ4n) is 17.3. The number of carbonyl (C=O) groups excluding carboxylic acids is 19. The quantitative estimate of drug-likeness (QED) is 0.0161. The van der Waals surface area contributed by atoms with Crippen LogP contribution < -0.4 is 104 Å². The number of amides is 19. The van der Waals surface area contributed by atoms with Gasteiger partial charge < -0.3 is 144 Å². The van der Waals surface area contributed by atoms with Crippen molar-refractivity contribution in [1.29, 1.82) is 0 Å². The van der Waals surface area contributed by atoms with Crippen LogP contribution in [0.5, 0.6) is 0 Å². The van der Waals surface area contributed by atoms with Crippen LogP contribution in [0.15, 0.2) is 134 Å². The molecule has 802 valence electrons. The summed E-state index contributed by atoms with van der Waals surface area (Å²) in [5, 5.41) is 72.7. The molecule has 4 heterocycles. The molecule has 3 aliphatic heterocycles. The minimum atomic E-state index is -2.25. The molecule has 3 saturated heterocycles. The highest BCUT2D eigenvalue weighted by Crippen LogP contribution is 2.28. The number of nitrogens with two attached hydrogens (primary N) is 6. The highest BCUT2D eigenvalue weighted by molar-refractivity contribution is 6.04. The third kappa shape index (κ3) is 37.1. The van der Waals surface area contributed by atoms with Gasteiger partial charge in [0.1, 0.15) is 96.7 Å². The SMILES string of the molecule is CC(C)[C@H](NC(=O)[C@H](CCC(=O)O)NC(=O)[C@H](Cc1ccccc1)NC(=O)[C@H](Cc1cnc[nH]1)NC(=O)[C@H](Cc1ccccc1)NC(=O)[C@H](CC(=O)O)NC(=O)[C@H](CC(N)=O)NC(=O)[C@H](CC(N)=O)NC(=O)[C@@H]1CCCN1C(=O)[C@H](CCCCN)NC(=O)[C@H](CO)NC(=O)[C@@H]1CCCN1C(=O)[C@@H]1CCCN1C(=O)[C@@H](N)CCCCN)C(=O)N[C@@H](Cc1ccccc1)C(=O)N[C@@H](CC(N)=O)C(=O)N[C@@H](Cc1ccccc1)C(=O)O. The summed E-state index contributed by atoms with van der Waals surface area (Å²) in [7, 11) is 0. The van der Waals surface area contributed by atoms with Crippen LogP contribution in [0.4, 0.5) is 0 Å². The van der Waals surface area contributed by atoms with E-state index in [1.807, 2.05) is 0 Å². The molecule has 0 radical (unpaired) electrons. The maximum Gasteiger partial charge on any atom is 0.326 e. The second-order valence-electron chi connectivity index (χ2n) is 36.8. The number of hydrogen-bond donors (Lipinski definition) is 24. The van der Waals surface area contributed by atoms with Crippen LogP contribution in [0.3, 0.4) is 0 Å². The van der Waals surface area contributed by atoms with Gasteiger partial charge >= 0.3 is 17.9 Å². The molecular formula is C98H134N24O26. The Morgan fingerprint density at radius 3 is 1.10 bits per heavy atom. The normalized spacial score (nSPS) is 17.1. The van der Waals surface area contributed by atoms with Crippen LogP contribution in [0.2, 0.25) is 0 Å². The van der Waals surface area contributed by atoms with Crippen molar-refractivity contribution in [3.8, 4) is 0 Å². The van der Waals surface area contributed by atoms with Gasteiger partial charge in [0.25, 0.3) is 0 Å². The van der Waals surface area contributed by atoms with E-state index < -0.39 is 303 Å². The summed E-state index contributed by atoms with van der Waals surface area (Å²) >= 11 is 0. The molecule has 1 aromatic heterocycles. The number of aliphatic hydroxyl groups is 1. The van der Waals surface area contributed by atoms with E-state index >= 15 is 14.4 Å². The number of aromatic nitrogens is 2. The molecule has 3 fully saturated rings. The average Bonchev–Trinajstić information content (AvgIpc) is 1.65. The molecule has 50 heteroatoms. The Hall–Kier alpha value is -15.7. The van der Waals surface area contributed by atoms with Gasteiger partial charge in [0.05, 0.1) is 44.7 Å². The number of carbonyl (C=O) groups is 22. The zero-order valence-electron chi connectivity index (χ0n) is 82.1. The van der Waals surface area contributed by atoms with Gasteiger partial charge in [-0.3, -0.25) is 101 Å². The van der Waals surface area contributed by atoms with Crippen molar-refractivity contribution in [3.63, 3.8) is 0 Å². The molecule has 0 bridgehead atoms. The number of hydrogen-bond acceptors (Lipinski definition) is 27. The first-order chi connectivity index (χ1) is 70.6. The van der Waals surface area contributed by atoms with E-state index in [4.69, 9.17) is 34.4 Å². The van der Waals surface area contributed by atoms with E-state index in [0.29, 0.717) is 73.7 Å². The number of H-pyrrole nitrogens is 1. The third-order valence-electron chi connectivity index (χ3n) is 25.1. The molecular weight excluding hydrogens is 1930 g/mol. The lowest BCUT2D eigenvalue weighted by molar-refractivity contribution is -0.147. The summed E-state index contributed by atoms with van der Waals surface area (Å²) in [6, 6.07) is 3.97. The second kappa shape index (κ2) is 59.0. The van der Waals surface area contributed by atoms with E-state index in [2.05, 4.69) is 79.1 Å². The van der Waals surface area contributed by atoms with E-state index in [1.54, 1.807) is 109 Å². The second-order valence-corrected chi connectivity index (χ2v) is 36.8. The van der Waals surface area contributed by atoms with Crippen molar-refractivity contribution in [2.45, 2.75) is 264 Å². The number of carboxylic acids is 3. The van der Waals surface area contributed by atoms with Gasteiger partial charge in [-0.25, -0.2) is 9.78 Å². The van der Waals surface area contributed by atoms with Crippen molar-refractivity contribution in [3.05, 3.63) is 162 Å². The molecule has 148 heavy (non-hydrogen) atoms. The molecule has 0 unspecified atom stereocenters. The highest BCUT2D eigenvalue weighted by Gasteiger charge is 2.47. The van der Waals surface area contributed by atoms with Crippen LogP contribution in [-0.2, 0) is 138 Å². The molecule has 5 aromatic rings. The Balaban J connectivity index is 0.972. The minimum Gasteiger partial charge on any atom is -0.481 e. The van der Waals surface area contributed by atoms with Crippen molar-refractivity contribution in [2.75, 3.05) is 39.3 Å². The minimum absolute atomic E-state index is 0.0954. The fourth-order valence-corrected chi connectivity index (χ4v) is 17.3. The van der Waals surface area contributed by atoms with Crippen LogP contribution in [0.1, 0.15) is 157 Å². The van der Waals surface area contributed by atoms with Crippen LogP contribution in [0, 0.1) is 5.92 Å². The number of rotatable bonds is 61. The number of carboxylic acid groups (broad SMARTS) is 3. The Morgan fingerprint density at radius 1 is 0.365 bits per heavy atom. The van der Waals surface area contributed by atoms with E-state index in [0.717, 1.165) is 4.90 Å². The number of primary amides is 3. The van der Waals surface area contributed by atoms with Crippen LogP contribution in [0.25, 0.3) is 0 Å². The molecule has 17 atom stereocenters. The van der Waals surface area contributed by atoms with E-state index in [9.17, 15) is 112 Å². The van der Waals surface area contributed by atoms with Crippen LogP contribution in [-0.4, -0.2) is 317 Å². The maximum absolute atomic E-state index is 15.2. The van der Waals surface area contributed by atoms with Gasteiger partial charge in [0, 0.05) is 70.0 Å². The third-order valence-corrected chi connectivity index (χ3v) is 25.1. The summed E-state index contributed by atoms with van der Waals surface area (Å²) in [5.41, 5.74) is 36.2. The van der Waals surface area contributed by atoms with Crippen molar-refractivity contribution in [1.82, 2.24) is 93.8 Å². The Bertz CT molecular complexity index is 5440. The first kappa shape index (κ1) is 118. The summed E-state index contributed by atoms with van der Waals surface area (Å²) in [5.74, 6) is -26.2. The Labute approximate surface area is 851 Å². The molecule has 0 saturated carbocycles. The summed E-state index contributed by atoms with van der Waals surface area (Å²) < 4.78 is 0. The van der Waals surface area contributed by atoms with Gasteiger partial charge in [-0.05, 0) is 118 Å². The maximum atomic E-state index is 15.2. The smallest absolute Gasteiger partial charge is 0.326 e. The lowest BCUT2D eigenvalue weighted by Crippen LogP contribution is -2.62. The largest absolute Gasteiger partial charge is 0.481 e. The summed E-state index contributed by atoms with van der Waals surface area (Å²) in [6.45, 7) is 2.78. The first-order valence-electron chi connectivity index (χ1n) is 48.8. The molecule has 30 N–H and O–H groups in total. The number of benzene rings is 4. The van der Waals surface area contributed by atoms with Crippen LogP contribution >= 0.6 is 0 Å². The average molecular weight is 2060 g/mol. The zero-order chi connectivity index (χ0) is 108. The lowest BCUT2D eigenvalue weighted by atomic mass is 9.99. The number of aliphatic hydroxyl groups excluding tert-OH is 1. The molecule has 3 aliphatic rings. The number of aliphatic carboxylic acids is 3. The van der Waals surface area contributed by atoms with Gasteiger partial charge in [-0.1, -0.05) is 142 Å². The van der Waals surface area contributed by atoms with Gasteiger partial charge in [0.2, 0.25) is 112 Å². The molecule has 50 nitrogen and oxygen atoms in total. The van der Waals surface area contributed by atoms with Gasteiger partial charge in [0.15, 0.2) is 0 Å². The number of unbranched alkanes of at least 4 members (excludes halogenated alkanes) is 2.